The molecule has 1 aromatic carbocycles. The van der Waals surface area contributed by atoms with Crippen LogP contribution in [-0.2, 0) is 17.0 Å². The molecule has 0 aliphatic carbocycles. The number of pyridine rings is 1. The van der Waals surface area contributed by atoms with Gasteiger partial charge in [-0.1, -0.05) is 12.1 Å². The third-order valence-electron chi connectivity index (χ3n) is 3.15. The Morgan fingerprint density at radius 2 is 2.00 bits per heavy atom. The maximum atomic E-state index is 12.8. The van der Waals surface area contributed by atoms with Gasteiger partial charge in [0.2, 0.25) is 5.91 Å². The summed E-state index contributed by atoms with van der Waals surface area (Å²) >= 11 is 1.62. The van der Waals surface area contributed by atoms with Crippen LogP contribution in [0.15, 0.2) is 42.6 Å². The number of rotatable bonds is 8. The van der Waals surface area contributed by atoms with Gasteiger partial charge in [0.25, 0.3) is 0 Å². The van der Waals surface area contributed by atoms with Gasteiger partial charge in [0.15, 0.2) is 0 Å². The number of thioether (sulfide) groups is 1. The van der Waals surface area contributed by atoms with E-state index in [-0.39, 0.29) is 18.3 Å². The number of aromatic nitrogens is 1. The van der Waals surface area contributed by atoms with E-state index in [2.05, 4.69) is 10.3 Å². The number of aliphatic hydroxyl groups excluding tert-OH is 1. The minimum absolute atomic E-state index is 0.123. The van der Waals surface area contributed by atoms with Crippen LogP contribution in [-0.4, -0.2) is 28.4 Å². The van der Waals surface area contributed by atoms with Gasteiger partial charge >= 0.3 is 0 Å². The second kappa shape index (κ2) is 9.27. The molecule has 0 spiro atoms. The number of nitrogens with one attached hydrogen (secondary N) is 1. The first-order valence-corrected chi connectivity index (χ1v) is 8.50. The van der Waals surface area contributed by atoms with E-state index in [1.807, 2.05) is 12.1 Å². The summed E-state index contributed by atoms with van der Waals surface area (Å²) in [5.41, 5.74) is 1.97. The van der Waals surface area contributed by atoms with E-state index in [9.17, 15) is 9.18 Å². The Morgan fingerprint density at radius 3 is 2.74 bits per heavy atom. The van der Waals surface area contributed by atoms with Gasteiger partial charge in [-0.25, -0.2) is 9.37 Å². The molecule has 0 aliphatic heterocycles. The van der Waals surface area contributed by atoms with E-state index in [4.69, 9.17) is 5.11 Å². The third-order valence-corrected chi connectivity index (χ3v) is 4.16. The lowest BCUT2D eigenvalue weighted by Gasteiger charge is -2.07. The zero-order valence-corrected chi connectivity index (χ0v) is 13.5. The second-order valence-electron chi connectivity index (χ2n) is 5.00. The predicted molar refractivity (Wildman–Crippen MR) is 90.8 cm³/mol. The number of nitrogens with zero attached hydrogens (tertiary/aromatic N) is 1. The number of carbonyl (C=O) groups is 1. The van der Waals surface area contributed by atoms with Gasteiger partial charge < -0.3 is 10.4 Å². The van der Waals surface area contributed by atoms with Gasteiger partial charge in [0, 0.05) is 24.1 Å². The first kappa shape index (κ1) is 17.4. The smallest absolute Gasteiger partial charge is 0.225 e. The summed E-state index contributed by atoms with van der Waals surface area (Å²) in [5, 5.41) is 11.5. The van der Waals surface area contributed by atoms with Gasteiger partial charge in [0.05, 0.1) is 6.61 Å². The molecule has 0 aliphatic rings. The molecule has 0 fully saturated rings. The second-order valence-corrected chi connectivity index (χ2v) is 6.11. The molecule has 1 amide bonds. The number of aryl methyl sites for hydroxylation is 1. The average Bonchev–Trinajstić information content (AvgIpc) is 2.55. The van der Waals surface area contributed by atoms with Crippen molar-refractivity contribution in [3.8, 4) is 0 Å². The lowest BCUT2D eigenvalue weighted by atomic mass is 10.1. The van der Waals surface area contributed by atoms with Crippen molar-refractivity contribution in [2.75, 3.05) is 17.7 Å². The highest BCUT2D eigenvalue weighted by atomic mass is 32.2. The number of hydrogen-bond donors (Lipinski definition) is 2. The molecular formula is C17H19FN2O2S. The molecule has 4 nitrogen and oxygen atoms in total. The zero-order chi connectivity index (χ0) is 16.5. The Morgan fingerprint density at radius 1 is 1.22 bits per heavy atom. The molecule has 2 N–H and O–H groups in total. The quantitative estimate of drug-likeness (QED) is 0.729. The summed E-state index contributed by atoms with van der Waals surface area (Å²) in [5.74, 6) is 1.57. The number of carbonyl (C=O) groups excluding carboxylic acids is 1. The molecule has 0 unspecified atom stereocenters. The minimum Gasteiger partial charge on any atom is -0.396 e. The van der Waals surface area contributed by atoms with E-state index >= 15 is 0 Å². The Labute approximate surface area is 139 Å². The van der Waals surface area contributed by atoms with Crippen LogP contribution < -0.4 is 5.32 Å². The van der Waals surface area contributed by atoms with E-state index in [0.29, 0.717) is 24.4 Å². The van der Waals surface area contributed by atoms with E-state index in [1.165, 1.54) is 12.1 Å². The van der Waals surface area contributed by atoms with Crippen molar-refractivity contribution in [1.29, 1.82) is 0 Å². The van der Waals surface area contributed by atoms with Gasteiger partial charge in [-0.2, -0.15) is 11.8 Å². The largest absolute Gasteiger partial charge is 0.396 e. The van der Waals surface area contributed by atoms with Crippen LogP contribution in [0.1, 0.15) is 17.5 Å². The standard InChI is InChI=1S/C17H19FN2O2S/c18-15-4-1-13(2-5-15)3-6-17(22)20-16-11-14(7-8-19-16)12-23-10-9-21/h1-2,4-5,7-8,11,21H,3,6,9-10,12H2,(H,19,20,22). The topological polar surface area (TPSA) is 62.2 Å². The average molecular weight is 334 g/mol. The monoisotopic (exact) mass is 334 g/mol. The molecule has 2 aromatic rings. The van der Waals surface area contributed by atoms with Gasteiger partial charge in [0.1, 0.15) is 11.6 Å². The molecule has 0 atom stereocenters. The van der Waals surface area contributed by atoms with Crippen LogP contribution in [0.2, 0.25) is 0 Å². The maximum absolute atomic E-state index is 12.8. The van der Waals surface area contributed by atoms with Crippen LogP contribution in [0, 0.1) is 5.82 Å². The van der Waals surface area contributed by atoms with Crippen molar-refractivity contribution in [3.05, 3.63) is 59.5 Å². The van der Waals surface area contributed by atoms with E-state index < -0.39 is 0 Å². The van der Waals surface area contributed by atoms with Crippen molar-refractivity contribution in [1.82, 2.24) is 4.98 Å². The Kier molecular flexibility index (Phi) is 7.03. The number of anilines is 1. The number of benzene rings is 1. The van der Waals surface area contributed by atoms with Crippen LogP contribution in [0.25, 0.3) is 0 Å². The van der Waals surface area contributed by atoms with E-state index in [0.717, 1.165) is 16.9 Å². The number of hydrogen-bond acceptors (Lipinski definition) is 4. The van der Waals surface area contributed by atoms with Crippen LogP contribution in [0.4, 0.5) is 10.2 Å². The highest BCUT2D eigenvalue weighted by Gasteiger charge is 2.05. The molecule has 2 rings (SSSR count). The molecule has 122 valence electrons. The predicted octanol–water partition coefficient (Wildman–Crippen LogP) is 3.02. The highest BCUT2D eigenvalue weighted by molar-refractivity contribution is 7.98. The number of aliphatic hydroxyl groups is 1. The first-order valence-electron chi connectivity index (χ1n) is 7.35. The fraction of sp³-hybridized carbons (Fsp3) is 0.294. The molecule has 1 aromatic heterocycles. The zero-order valence-electron chi connectivity index (χ0n) is 12.7. The van der Waals surface area contributed by atoms with Gasteiger partial charge in [-0.05, 0) is 41.8 Å². The van der Waals surface area contributed by atoms with Crippen molar-refractivity contribution >= 4 is 23.5 Å². The summed E-state index contributed by atoms with van der Waals surface area (Å²) in [6, 6.07) is 9.86. The van der Waals surface area contributed by atoms with Crippen molar-refractivity contribution in [3.63, 3.8) is 0 Å². The first-order chi connectivity index (χ1) is 11.2. The normalized spacial score (nSPS) is 10.5. The molecule has 0 radical (unpaired) electrons. The molecule has 0 bridgehead atoms. The summed E-state index contributed by atoms with van der Waals surface area (Å²) < 4.78 is 12.8. The Hall–Kier alpha value is -1.92. The Bertz CT molecular complexity index is 635. The van der Waals surface area contributed by atoms with Crippen molar-refractivity contribution in [2.24, 2.45) is 0 Å². The summed E-state index contributed by atoms with van der Waals surface area (Å²) in [6.45, 7) is 0.155. The Balaban J connectivity index is 1.82. The summed E-state index contributed by atoms with van der Waals surface area (Å²) in [7, 11) is 0. The molecule has 23 heavy (non-hydrogen) atoms. The molecular weight excluding hydrogens is 315 g/mol. The van der Waals surface area contributed by atoms with Crippen molar-refractivity contribution in [2.45, 2.75) is 18.6 Å². The fourth-order valence-electron chi connectivity index (χ4n) is 2.00. The van der Waals surface area contributed by atoms with Gasteiger partial charge in [-0.15, -0.1) is 0 Å². The van der Waals surface area contributed by atoms with Crippen LogP contribution in [0.3, 0.4) is 0 Å². The maximum Gasteiger partial charge on any atom is 0.225 e. The lowest BCUT2D eigenvalue weighted by molar-refractivity contribution is -0.116. The summed E-state index contributed by atoms with van der Waals surface area (Å²) in [6.07, 6.45) is 2.53. The van der Waals surface area contributed by atoms with Crippen molar-refractivity contribution < 1.29 is 14.3 Å². The molecule has 1 heterocycles. The minimum atomic E-state index is -0.279. The van der Waals surface area contributed by atoms with Crippen LogP contribution in [0.5, 0.6) is 0 Å². The number of halogens is 1. The fourth-order valence-corrected chi connectivity index (χ4v) is 2.69. The summed E-state index contributed by atoms with van der Waals surface area (Å²) in [4.78, 5) is 16.1. The van der Waals surface area contributed by atoms with E-state index in [1.54, 1.807) is 30.1 Å². The molecule has 6 heteroatoms. The third kappa shape index (κ3) is 6.38. The van der Waals surface area contributed by atoms with Gasteiger partial charge in [-0.3, -0.25) is 4.79 Å². The van der Waals surface area contributed by atoms with Crippen LogP contribution >= 0.6 is 11.8 Å². The molecule has 0 saturated heterocycles. The lowest BCUT2D eigenvalue weighted by Crippen LogP contribution is -2.13. The molecule has 0 saturated carbocycles. The highest BCUT2D eigenvalue weighted by Crippen LogP contribution is 2.14. The number of amides is 1. The SMILES string of the molecule is O=C(CCc1ccc(F)cc1)Nc1cc(CSCCO)ccn1.